The Labute approximate surface area is 118 Å². The molecule has 0 atom stereocenters. The SMILES string of the molecule is O=C(c1ccc(F)c(Br)c1)c1cccc2c1OCC2. The maximum absolute atomic E-state index is 13.2. The molecule has 0 bridgehead atoms. The number of carbonyl (C=O) groups is 1. The number of hydrogen-bond acceptors (Lipinski definition) is 2. The third kappa shape index (κ3) is 2.16. The minimum absolute atomic E-state index is 0.153. The van der Waals surface area contributed by atoms with E-state index in [0.717, 1.165) is 12.0 Å². The first kappa shape index (κ1) is 12.4. The minimum Gasteiger partial charge on any atom is -0.492 e. The van der Waals surface area contributed by atoms with E-state index in [1.807, 2.05) is 12.1 Å². The standard InChI is InChI=1S/C15H10BrFO2/c16-12-8-10(4-5-13(12)17)14(18)11-3-1-2-9-6-7-19-15(9)11/h1-5,8H,6-7H2. The second-order valence-electron chi connectivity index (χ2n) is 4.35. The summed E-state index contributed by atoms with van der Waals surface area (Å²) in [5.41, 5.74) is 2.03. The molecule has 0 saturated carbocycles. The van der Waals surface area contributed by atoms with E-state index in [1.54, 1.807) is 6.07 Å². The molecule has 0 amide bonds. The van der Waals surface area contributed by atoms with E-state index >= 15 is 0 Å². The third-order valence-electron chi connectivity index (χ3n) is 3.14. The molecule has 96 valence electrons. The third-order valence-corrected chi connectivity index (χ3v) is 3.75. The molecule has 0 aliphatic carbocycles. The average molecular weight is 321 g/mol. The van der Waals surface area contributed by atoms with E-state index in [4.69, 9.17) is 4.74 Å². The molecule has 0 saturated heterocycles. The quantitative estimate of drug-likeness (QED) is 0.788. The predicted molar refractivity (Wildman–Crippen MR) is 73.2 cm³/mol. The van der Waals surface area contributed by atoms with Crippen LogP contribution in [-0.2, 0) is 6.42 Å². The van der Waals surface area contributed by atoms with Gasteiger partial charge in [-0.2, -0.15) is 0 Å². The Balaban J connectivity index is 2.05. The van der Waals surface area contributed by atoms with Crippen molar-refractivity contribution in [1.82, 2.24) is 0 Å². The molecule has 0 spiro atoms. The van der Waals surface area contributed by atoms with Gasteiger partial charge >= 0.3 is 0 Å². The van der Waals surface area contributed by atoms with Gasteiger partial charge in [-0.3, -0.25) is 4.79 Å². The highest BCUT2D eigenvalue weighted by molar-refractivity contribution is 9.10. The Bertz CT molecular complexity index is 667. The zero-order chi connectivity index (χ0) is 13.4. The van der Waals surface area contributed by atoms with Crippen LogP contribution in [0.25, 0.3) is 0 Å². The topological polar surface area (TPSA) is 26.3 Å². The molecular formula is C15H10BrFO2. The molecule has 4 heteroatoms. The van der Waals surface area contributed by atoms with Crippen LogP contribution in [0.2, 0.25) is 0 Å². The van der Waals surface area contributed by atoms with Gasteiger partial charge in [0, 0.05) is 12.0 Å². The summed E-state index contributed by atoms with van der Waals surface area (Å²) in [6.45, 7) is 0.604. The smallest absolute Gasteiger partial charge is 0.196 e. The summed E-state index contributed by atoms with van der Waals surface area (Å²) in [6, 6.07) is 9.80. The molecule has 19 heavy (non-hydrogen) atoms. The summed E-state index contributed by atoms with van der Waals surface area (Å²) in [5.74, 6) is 0.124. The van der Waals surface area contributed by atoms with Gasteiger partial charge < -0.3 is 4.74 Å². The Hall–Kier alpha value is -1.68. The number of rotatable bonds is 2. The van der Waals surface area contributed by atoms with Crippen LogP contribution >= 0.6 is 15.9 Å². The molecule has 2 nitrogen and oxygen atoms in total. The fourth-order valence-electron chi connectivity index (χ4n) is 2.19. The first-order valence-corrected chi connectivity index (χ1v) is 6.70. The Morgan fingerprint density at radius 1 is 1.26 bits per heavy atom. The number of hydrogen-bond donors (Lipinski definition) is 0. The van der Waals surface area contributed by atoms with Crippen molar-refractivity contribution in [3.63, 3.8) is 0 Å². The molecule has 0 unspecified atom stereocenters. The van der Waals surface area contributed by atoms with E-state index in [9.17, 15) is 9.18 Å². The van der Waals surface area contributed by atoms with Crippen LogP contribution in [0.5, 0.6) is 5.75 Å². The highest BCUT2D eigenvalue weighted by Gasteiger charge is 2.21. The molecule has 0 fully saturated rings. The molecule has 0 N–H and O–H groups in total. The maximum Gasteiger partial charge on any atom is 0.196 e. The number of benzene rings is 2. The molecule has 0 radical (unpaired) electrons. The number of ether oxygens (including phenoxy) is 1. The second kappa shape index (κ2) is 4.78. The molecule has 1 heterocycles. The summed E-state index contributed by atoms with van der Waals surface area (Å²) in [5, 5.41) is 0. The van der Waals surface area contributed by atoms with E-state index in [-0.39, 0.29) is 16.1 Å². The van der Waals surface area contributed by atoms with Crippen LogP contribution < -0.4 is 4.74 Å². The lowest BCUT2D eigenvalue weighted by Gasteiger charge is -2.07. The summed E-state index contributed by atoms with van der Waals surface area (Å²) in [7, 11) is 0. The van der Waals surface area contributed by atoms with Crippen LogP contribution in [-0.4, -0.2) is 12.4 Å². The molecule has 2 aromatic carbocycles. The molecule has 1 aliphatic heterocycles. The normalized spacial score (nSPS) is 12.9. The van der Waals surface area contributed by atoms with Crippen molar-refractivity contribution in [2.75, 3.05) is 6.61 Å². The van der Waals surface area contributed by atoms with E-state index in [0.29, 0.717) is 23.5 Å². The second-order valence-corrected chi connectivity index (χ2v) is 5.20. The summed E-state index contributed by atoms with van der Waals surface area (Å²) in [6.07, 6.45) is 0.823. The molecule has 1 aliphatic rings. The summed E-state index contributed by atoms with van der Waals surface area (Å²) >= 11 is 3.09. The van der Waals surface area contributed by atoms with E-state index in [2.05, 4.69) is 15.9 Å². The van der Waals surface area contributed by atoms with Crippen molar-refractivity contribution in [1.29, 1.82) is 0 Å². The van der Waals surface area contributed by atoms with Crippen LogP contribution in [0.4, 0.5) is 4.39 Å². The van der Waals surface area contributed by atoms with Gasteiger partial charge in [0.2, 0.25) is 0 Å². The van der Waals surface area contributed by atoms with Crippen LogP contribution in [0, 0.1) is 5.82 Å². The van der Waals surface area contributed by atoms with Crippen LogP contribution in [0.3, 0.4) is 0 Å². The molecule has 2 aromatic rings. The van der Waals surface area contributed by atoms with Gasteiger partial charge in [0.25, 0.3) is 0 Å². The van der Waals surface area contributed by atoms with Gasteiger partial charge in [0.05, 0.1) is 16.6 Å². The Kier molecular flexibility index (Phi) is 3.11. The van der Waals surface area contributed by atoms with Gasteiger partial charge in [0.15, 0.2) is 5.78 Å². The highest BCUT2D eigenvalue weighted by Crippen LogP contribution is 2.31. The van der Waals surface area contributed by atoms with E-state index in [1.165, 1.54) is 18.2 Å². The van der Waals surface area contributed by atoms with E-state index < -0.39 is 0 Å². The van der Waals surface area contributed by atoms with Gasteiger partial charge in [-0.25, -0.2) is 4.39 Å². The average Bonchev–Trinajstić information content (AvgIpc) is 2.89. The number of carbonyl (C=O) groups excluding carboxylic acids is 1. The Morgan fingerprint density at radius 3 is 2.89 bits per heavy atom. The van der Waals surface area contributed by atoms with Crippen LogP contribution in [0.1, 0.15) is 21.5 Å². The fraction of sp³-hybridized carbons (Fsp3) is 0.133. The van der Waals surface area contributed by atoms with Crippen molar-refractivity contribution in [2.24, 2.45) is 0 Å². The van der Waals surface area contributed by atoms with Gasteiger partial charge in [-0.05, 0) is 45.8 Å². The maximum atomic E-state index is 13.2. The van der Waals surface area contributed by atoms with Crippen LogP contribution in [0.15, 0.2) is 40.9 Å². The lowest BCUT2D eigenvalue weighted by molar-refractivity contribution is 0.103. The Morgan fingerprint density at radius 2 is 2.11 bits per heavy atom. The number of halogens is 2. The summed E-state index contributed by atoms with van der Waals surface area (Å²) in [4.78, 5) is 12.4. The number of fused-ring (bicyclic) bond motifs is 1. The lowest BCUT2D eigenvalue weighted by atomic mass is 10.00. The zero-order valence-corrected chi connectivity index (χ0v) is 11.5. The van der Waals surface area contributed by atoms with Gasteiger partial charge in [-0.1, -0.05) is 12.1 Å². The lowest BCUT2D eigenvalue weighted by Crippen LogP contribution is -2.04. The highest BCUT2D eigenvalue weighted by atomic mass is 79.9. The molecular weight excluding hydrogens is 311 g/mol. The molecule has 0 aromatic heterocycles. The number of ketones is 1. The number of para-hydroxylation sites is 1. The zero-order valence-electron chi connectivity index (χ0n) is 9.95. The largest absolute Gasteiger partial charge is 0.492 e. The summed E-state index contributed by atoms with van der Waals surface area (Å²) < 4.78 is 19.0. The van der Waals surface area contributed by atoms with Crippen molar-refractivity contribution >= 4 is 21.7 Å². The monoisotopic (exact) mass is 320 g/mol. The van der Waals surface area contributed by atoms with Crippen molar-refractivity contribution in [3.8, 4) is 5.75 Å². The van der Waals surface area contributed by atoms with Crippen molar-refractivity contribution in [3.05, 3.63) is 63.4 Å². The first-order valence-electron chi connectivity index (χ1n) is 5.91. The van der Waals surface area contributed by atoms with Crippen molar-refractivity contribution in [2.45, 2.75) is 6.42 Å². The van der Waals surface area contributed by atoms with Crippen molar-refractivity contribution < 1.29 is 13.9 Å². The fourth-order valence-corrected chi connectivity index (χ4v) is 2.57. The minimum atomic E-state index is -0.383. The van der Waals surface area contributed by atoms with Gasteiger partial charge in [-0.15, -0.1) is 0 Å². The first-order chi connectivity index (χ1) is 9.16. The molecule has 3 rings (SSSR count). The predicted octanol–water partition coefficient (Wildman–Crippen LogP) is 3.75. The van der Waals surface area contributed by atoms with Gasteiger partial charge in [0.1, 0.15) is 11.6 Å².